The van der Waals surface area contributed by atoms with Crippen LogP contribution in [0.15, 0.2) is 42.5 Å². The molecule has 0 aliphatic heterocycles. The van der Waals surface area contributed by atoms with Crippen LogP contribution in [0.4, 0.5) is 5.69 Å². The highest BCUT2D eigenvalue weighted by molar-refractivity contribution is 6.32. The molecule has 0 saturated carbocycles. The number of carbonyl (C=O) groups is 2. The summed E-state index contributed by atoms with van der Waals surface area (Å²) in [5.41, 5.74) is 0.515. The van der Waals surface area contributed by atoms with Crippen LogP contribution in [0, 0.1) is 0 Å². The van der Waals surface area contributed by atoms with E-state index in [-0.39, 0.29) is 11.1 Å². The fourth-order valence-electron chi connectivity index (χ4n) is 2.83. The Morgan fingerprint density at radius 2 is 1.68 bits per heavy atom. The van der Waals surface area contributed by atoms with Gasteiger partial charge >= 0.3 is 5.97 Å². The van der Waals surface area contributed by atoms with Gasteiger partial charge in [-0.05, 0) is 36.8 Å². The summed E-state index contributed by atoms with van der Waals surface area (Å²) in [7, 11) is 0. The molecule has 0 fully saturated rings. The number of unbranched alkanes of at least 4 members (excludes halogenated alkanes) is 5. The molecular formula is C22H26ClNO4. The third-order valence-electron chi connectivity index (χ3n) is 4.35. The smallest absolute Gasteiger partial charge is 0.336 e. The number of nitrogens with one attached hydrogen (secondary N) is 1. The molecule has 0 spiro atoms. The van der Waals surface area contributed by atoms with E-state index in [1.165, 1.54) is 37.8 Å². The molecule has 5 nitrogen and oxygen atoms in total. The second-order valence-corrected chi connectivity index (χ2v) is 6.97. The monoisotopic (exact) mass is 403 g/mol. The molecule has 0 heterocycles. The van der Waals surface area contributed by atoms with Gasteiger partial charge in [-0.1, -0.05) is 62.8 Å². The van der Waals surface area contributed by atoms with Gasteiger partial charge < -0.3 is 15.2 Å². The molecule has 0 aliphatic carbocycles. The maximum absolute atomic E-state index is 12.4. The summed E-state index contributed by atoms with van der Waals surface area (Å²) < 4.78 is 5.72. The highest BCUT2D eigenvalue weighted by atomic mass is 35.5. The zero-order chi connectivity index (χ0) is 20.4. The largest absolute Gasteiger partial charge is 0.492 e. The highest BCUT2D eigenvalue weighted by Gasteiger charge is 2.16. The number of carbonyl (C=O) groups excluding carboxylic acids is 1. The molecule has 0 saturated heterocycles. The number of anilines is 1. The van der Waals surface area contributed by atoms with Crippen LogP contribution >= 0.6 is 11.6 Å². The van der Waals surface area contributed by atoms with Crippen molar-refractivity contribution < 1.29 is 19.4 Å². The fraction of sp³-hybridized carbons (Fsp3) is 0.364. The van der Waals surface area contributed by atoms with E-state index in [0.717, 1.165) is 12.8 Å². The van der Waals surface area contributed by atoms with Gasteiger partial charge in [-0.3, -0.25) is 4.79 Å². The van der Waals surface area contributed by atoms with Crippen LogP contribution in [0.25, 0.3) is 0 Å². The zero-order valence-electron chi connectivity index (χ0n) is 16.0. The van der Waals surface area contributed by atoms with Crippen molar-refractivity contribution in [3.8, 4) is 5.75 Å². The van der Waals surface area contributed by atoms with E-state index in [9.17, 15) is 14.7 Å². The molecule has 0 aliphatic rings. The summed E-state index contributed by atoms with van der Waals surface area (Å²) in [6.45, 7) is 2.80. The average Bonchev–Trinajstić information content (AvgIpc) is 2.68. The number of benzene rings is 2. The van der Waals surface area contributed by atoms with Gasteiger partial charge in [-0.15, -0.1) is 0 Å². The molecule has 0 unspecified atom stereocenters. The molecule has 0 atom stereocenters. The number of ether oxygens (including phenoxy) is 1. The van der Waals surface area contributed by atoms with Crippen molar-refractivity contribution in [2.45, 2.75) is 45.4 Å². The molecule has 28 heavy (non-hydrogen) atoms. The number of rotatable bonds is 11. The average molecular weight is 404 g/mol. The first-order chi connectivity index (χ1) is 13.5. The number of carboxylic acids is 1. The van der Waals surface area contributed by atoms with Gasteiger partial charge in [0, 0.05) is 5.69 Å². The summed E-state index contributed by atoms with van der Waals surface area (Å²) in [6.07, 6.45) is 7.09. The number of hydrogen-bond acceptors (Lipinski definition) is 3. The number of carboxylic acid groups (broad SMARTS) is 1. The highest BCUT2D eigenvalue weighted by Crippen LogP contribution is 2.28. The van der Waals surface area contributed by atoms with Gasteiger partial charge in [0.25, 0.3) is 5.91 Å². The number of aromatic carboxylic acids is 1. The minimum absolute atomic E-state index is 0.0509. The van der Waals surface area contributed by atoms with Crippen LogP contribution in [-0.2, 0) is 0 Å². The first-order valence-corrected chi connectivity index (χ1v) is 9.96. The van der Waals surface area contributed by atoms with Crippen LogP contribution < -0.4 is 10.1 Å². The Labute approximate surface area is 170 Å². The maximum Gasteiger partial charge on any atom is 0.336 e. The molecule has 0 bridgehead atoms. The van der Waals surface area contributed by atoms with Gasteiger partial charge in [0.15, 0.2) is 0 Å². The van der Waals surface area contributed by atoms with Crippen LogP contribution in [0.3, 0.4) is 0 Å². The predicted molar refractivity (Wildman–Crippen MR) is 112 cm³/mol. The Kier molecular flexibility index (Phi) is 8.82. The first-order valence-electron chi connectivity index (χ1n) is 9.59. The van der Waals surface area contributed by atoms with Crippen molar-refractivity contribution in [2.75, 3.05) is 11.9 Å². The second-order valence-electron chi connectivity index (χ2n) is 6.57. The minimum Gasteiger partial charge on any atom is -0.492 e. The summed E-state index contributed by atoms with van der Waals surface area (Å²) in [5, 5.41) is 12.3. The van der Waals surface area contributed by atoms with Crippen LogP contribution in [0.5, 0.6) is 5.75 Å². The minimum atomic E-state index is -1.15. The van der Waals surface area contributed by atoms with Crippen LogP contribution in [0.1, 0.15) is 66.2 Å². The van der Waals surface area contributed by atoms with Crippen LogP contribution in [0.2, 0.25) is 5.02 Å². The lowest BCUT2D eigenvalue weighted by Gasteiger charge is -2.11. The van der Waals surface area contributed by atoms with Crippen molar-refractivity contribution >= 4 is 29.2 Å². The Morgan fingerprint density at radius 3 is 2.36 bits per heavy atom. The lowest BCUT2D eigenvalue weighted by atomic mass is 10.1. The lowest BCUT2D eigenvalue weighted by Crippen LogP contribution is -2.16. The first kappa shape index (κ1) is 21.8. The Morgan fingerprint density at radius 1 is 1.00 bits per heavy atom. The molecule has 2 aromatic carbocycles. The summed E-state index contributed by atoms with van der Waals surface area (Å²) in [5.74, 6) is -1.09. The molecule has 6 heteroatoms. The maximum atomic E-state index is 12.4. The molecule has 0 radical (unpaired) electrons. The van der Waals surface area contributed by atoms with Crippen molar-refractivity contribution in [3.63, 3.8) is 0 Å². The molecule has 0 aromatic heterocycles. The van der Waals surface area contributed by atoms with E-state index in [1.54, 1.807) is 30.3 Å². The Balaban J connectivity index is 1.90. The third-order valence-corrected chi connectivity index (χ3v) is 4.64. The van der Waals surface area contributed by atoms with Gasteiger partial charge in [0.1, 0.15) is 5.75 Å². The number of halogens is 1. The zero-order valence-corrected chi connectivity index (χ0v) is 16.8. The number of hydrogen-bond donors (Lipinski definition) is 2. The lowest BCUT2D eigenvalue weighted by molar-refractivity contribution is 0.0692. The molecule has 150 valence electrons. The van der Waals surface area contributed by atoms with Crippen LogP contribution in [-0.4, -0.2) is 23.6 Å². The molecular weight excluding hydrogens is 378 g/mol. The number of amides is 1. The molecule has 1 amide bonds. The normalized spacial score (nSPS) is 10.5. The van der Waals surface area contributed by atoms with Gasteiger partial charge in [-0.2, -0.15) is 0 Å². The summed E-state index contributed by atoms with van der Waals surface area (Å²) in [6, 6.07) is 11.0. The third kappa shape index (κ3) is 6.57. The van der Waals surface area contributed by atoms with E-state index < -0.39 is 11.9 Å². The molecule has 2 aromatic rings. The fourth-order valence-corrected chi connectivity index (χ4v) is 3.06. The van der Waals surface area contributed by atoms with Gasteiger partial charge in [0.2, 0.25) is 0 Å². The predicted octanol–water partition coefficient (Wildman–Crippen LogP) is 6.03. The quantitative estimate of drug-likeness (QED) is 0.449. The van der Waals surface area contributed by atoms with Crippen molar-refractivity contribution in [2.24, 2.45) is 0 Å². The van der Waals surface area contributed by atoms with Crippen molar-refractivity contribution in [3.05, 3.63) is 58.6 Å². The van der Waals surface area contributed by atoms with Gasteiger partial charge in [-0.25, -0.2) is 4.79 Å². The standard InChI is InChI=1S/C22H26ClNO4/c1-2-3-4-5-6-9-14-28-20-13-12-16(15-19(20)23)24-21(25)17-10-7-8-11-18(17)22(26)27/h7-8,10-13,15H,2-6,9,14H2,1H3,(H,24,25)(H,26,27). The summed E-state index contributed by atoms with van der Waals surface area (Å²) >= 11 is 6.25. The van der Waals surface area contributed by atoms with E-state index >= 15 is 0 Å². The van der Waals surface area contributed by atoms with E-state index in [2.05, 4.69) is 12.2 Å². The molecule has 2 N–H and O–H groups in total. The van der Waals surface area contributed by atoms with E-state index in [4.69, 9.17) is 16.3 Å². The van der Waals surface area contributed by atoms with Crippen molar-refractivity contribution in [1.29, 1.82) is 0 Å². The van der Waals surface area contributed by atoms with Crippen molar-refractivity contribution in [1.82, 2.24) is 0 Å². The summed E-state index contributed by atoms with van der Waals surface area (Å²) in [4.78, 5) is 23.7. The Hall–Kier alpha value is -2.53. The van der Waals surface area contributed by atoms with Gasteiger partial charge in [0.05, 0.1) is 22.8 Å². The molecule has 2 rings (SSSR count). The van der Waals surface area contributed by atoms with E-state index in [0.29, 0.717) is 23.1 Å². The Bertz CT molecular complexity index is 807. The SMILES string of the molecule is CCCCCCCCOc1ccc(NC(=O)c2ccccc2C(=O)O)cc1Cl. The van der Waals surface area contributed by atoms with E-state index in [1.807, 2.05) is 0 Å². The topological polar surface area (TPSA) is 75.6 Å². The second kappa shape index (κ2) is 11.3.